The van der Waals surface area contributed by atoms with Crippen LogP contribution < -0.4 is 5.32 Å². The molecule has 1 aliphatic rings. The van der Waals surface area contributed by atoms with Crippen LogP contribution in [0.4, 0.5) is 0 Å². The Hall–Kier alpha value is -2.20. The summed E-state index contributed by atoms with van der Waals surface area (Å²) in [5.74, 6) is 2.07. The summed E-state index contributed by atoms with van der Waals surface area (Å²) in [7, 11) is 0. The SMILES string of the molecule is CCCc1noc(C2CCC(N[C@H](C)c3cccc4ccccc34)C2)n1. The molecule has 2 aromatic carbocycles. The molecule has 1 aromatic heterocycles. The van der Waals surface area contributed by atoms with Crippen molar-refractivity contribution in [2.24, 2.45) is 0 Å². The molecule has 2 unspecified atom stereocenters. The third-order valence-electron chi connectivity index (χ3n) is 5.51. The van der Waals surface area contributed by atoms with Crippen LogP contribution in [-0.4, -0.2) is 16.2 Å². The van der Waals surface area contributed by atoms with Crippen LogP contribution >= 0.6 is 0 Å². The summed E-state index contributed by atoms with van der Waals surface area (Å²) >= 11 is 0. The van der Waals surface area contributed by atoms with E-state index in [1.807, 2.05) is 0 Å². The lowest BCUT2D eigenvalue weighted by Crippen LogP contribution is -2.29. The summed E-state index contributed by atoms with van der Waals surface area (Å²) in [6.45, 7) is 4.40. The molecular weight excluding hydrogens is 322 g/mol. The van der Waals surface area contributed by atoms with E-state index in [1.165, 1.54) is 16.3 Å². The van der Waals surface area contributed by atoms with Crippen LogP contribution in [0.5, 0.6) is 0 Å². The predicted molar refractivity (Wildman–Crippen MR) is 104 cm³/mol. The largest absolute Gasteiger partial charge is 0.339 e. The van der Waals surface area contributed by atoms with E-state index in [0.717, 1.165) is 43.8 Å². The first kappa shape index (κ1) is 17.2. The molecule has 3 aromatic rings. The second-order valence-electron chi connectivity index (χ2n) is 7.46. The zero-order valence-corrected chi connectivity index (χ0v) is 15.6. The predicted octanol–water partition coefficient (Wildman–Crippen LogP) is 5.16. The molecule has 1 saturated carbocycles. The van der Waals surface area contributed by atoms with Crippen molar-refractivity contribution < 1.29 is 4.52 Å². The average molecular weight is 349 g/mol. The first-order valence-corrected chi connectivity index (χ1v) is 9.80. The zero-order valence-electron chi connectivity index (χ0n) is 15.6. The van der Waals surface area contributed by atoms with Gasteiger partial charge in [-0.05, 0) is 48.9 Å². The minimum atomic E-state index is 0.322. The number of aryl methyl sites for hydroxylation is 1. The summed E-state index contributed by atoms with van der Waals surface area (Å²) in [6.07, 6.45) is 5.30. The number of hydrogen-bond acceptors (Lipinski definition) is 4. The van der Waals surface area contributed by atoms with Crippen molar-refractivity contribution >= 4 is 10.8 Å². The summed E-state index contributed by atoms with van der Waals surface area (Å²) in [6, 6.07) is 16.0. The fraction of sp³-hybridized carbons (Fsp3) is 0.455. The van der Waals surface area contributed by atoms with E-state index < -0.39 is 0 Å². The highest BCUT2D eigenvalue weighted by Crippen LogP contribution is 2.35. The van der Waals surface area contributed by atoms with Crippen LogP contribution in [0.2, 0.25) is 0 Å². The second-order valence-corrected chi connectivity index (χ2v) is 7.46. The van der Waals surface area contributed by atoms with Crippen molar-refractivity contribution in [1.82, 2.24) is 15.5 Å². The molecule has 3 atom stereocenters. The Bertz CT molecular complexity index is 867. The molecule has 1 N–H and O–H groups in total. The van der Waals surface area contributed by atoms with Gasteiger partial charge in [0, 0.05) is 24.4 Å². The molecule has 4 heteroatoms. The van der Waals surface area contributed by atoms with Gasteiger partial charge >= 0.3 is 0 Å². The number of aromatic nitrogens is 2. The van der Waals surface area contributed by atoms with Gasteiger partial charge in [0.1, 0.15) is 0 Å². The summed E-state index contributed by atoms with van der Waals surface area (Å²) in [5.41, 5.74) is 1.37. The van der Waals surface area contributed by atoms with Gasteiger partial charge in [-0.15, -0.1) is 0 Å². The van der Waals surface area contributed by atoms with Gasteiger partial charge in [0.15, 0.2) is 5.82 Å². The van der Waals surface area contributed by atoms with Crippen LogP contribution in [0.15, 0.2) is 47.0 Å². The third-order valence-corrected chi connectivity index (χ3v) is 5.51. The second kappa shape index (κ2) is 7.58. The molecule has 0 amide bonds. The van der Waals surface area contributed by atoms with Gasteiger partial charge in [-0.1, -0.05) is 54.5 Å². The highest BCUT2D eigenvalue weighted by atomic mass is 16.5. The van der Waals surface area contributed by atoms with Crippen LogP contribution in [0.25, 0.3) is 10.8 Å². The van der Waals surface area contributed by atoms with E-state index >= 15 is 0 Å². The Morgan fingerprint density at radius 3 is 2.88 bits per heavy atom. The van der Waals surface area contributed by atoms with Crippen LogP contribution in [0.3, 0.4) is 0 Å². The van der Waals surface area contributed by atoms with Crippen molar-refractivity contribution in [1.29, 1.82) is 0 Å². The van der Waals surface area contributed by atoms with Crippen molar-refractivity contribution in [3.63, 3.8) is 0 Å². The Balaban J connectivity index is 1.43. The maximum Gasteiger partial charge on any atom is 0.229 e. The van der Waals surface area contributed by atoms with Gasteiger partial charge in [0.25, 0.3) is 0 Å². The van der Waals surface area contributed by atoms with Gasteiger partial charge in [-0.3, -0.25) is 0 Å². The first-order valence-electron chi connectivity index (χ1n) is 9.80. The number of rotatable bonds is 6. The van der Waals surface area contributed by atoms with Crippen LogP contribution in [0.1, 0.15) is 68.8 Å². The van der Waals surface area contributed by atoms with Gasteiger partial charge < -0.3 is 9.84 Å². The standard InChI is InChI=1S/C22H27N3O/c1-3-7-21-24-22(26-25-21)17-12-13-18(14-17)23-15(2)19-11-6-9-16-8-4-5-10-20(16)19/h4-6,8-11,15,17-18,23H,3,7,12-14H2,1-2H3/t15-,17?,18?/m1/s1. The Morgan fingerprint density at radius 2 is 2.00 bits per heavy atom. The molecule has 0 spiro atoms. The van der Waals surface area contributed by atoms with E-state index in [9.17, 15) is 0 Å². The minimum Gasteiger partial charge on any atom is -0.339 e. The van der Waals surface area contributed by atoms with Gasteiger partial charge in [-0.25, -0.2) is 0 Å². The van der Waals surface area contributed by atoms with E-state index in [0.29, 0.717) is 18.0 Å². The zero-order chi connectivity index (χ0) is 17.9. The van der Waals surface area contributed by atoms with Gasteiger partial charge in [0.2, 0.25) is 5.89 Å². The van der Waals surface area contributed by atoms with Crippen LogP contribution in [-0.2, 0) is 6.42 Å². The molecule has 0 radical (unpaired) electrons. The monoisotopic (exact) mass is 349 g/mol. The minimum absolute atomic E-state index is 0.322. The summed E-state index contributed by atoms with van der Waals surface area (Å²) in [4.78, 5) is 4.59. The molecule has 4 rings (SSSR count). The molecule has 0 saturated heterocycles. The number of nitrogens with zero attached hydrogens (tertiary/aromatic N) is 2. The van der Waals surface area contributed by atoms with Crippen molar-refractivity contribution in [2.45, 2.75) is 64.0 Å². The first-order chi connectivity index (χ1) is 12.7. The molecule has 1 heterocycles. The highest BCUT2D eigenvalue weighted by molar-refractivity contribution is 5.86. The quantitative estimate of drug-likeness (QED) is 0.667. The third kappa shape index (κ3) is 3.51. The number of hydrogen-bond donors (Lipinski definition) is 1. The number of fused-ring (bicyclic) bond motifs is 1. The van der Waals surface area contributed by atoms with Gasteiger partial charge in [-0.2, -0.15) is 4.98 Å². The fourth-order valence-electron chi connectivity index (χ4n) is 4.19. The maximum atomic E-state index is 5.51. The smallest absolute Gasteiger partial charge is 0.229 e. The molecule has 4 nitrogen and oxygen atoms in total. The fourth-order valence-corrected chi connectivity index (χ4v) is 4.19. The Kier molecular flexibility index (Phi) is 5.02. The molecule has 0 aliphatic heterocycles. The van der Waals surface area contributed by atoms with Crippen molar-refractivity contribution in [3.05, 3.63) is 59.7 Å². The Morgan fingerprint density at radius 1 is 1.15 bits per heavy atom. The summed E-state index contributed by atoms with van der Waals surface area (Å²) < 4.78 is 5.51. The molecular formula is C22H27N3O. The Labute approximate surface area is 155 Å². The number of benzene rings is 2. The number of nitrogens with one attached hydrogen (secondary N) is 1. The molecule has 136 valence electrons. The topological polar surface area (TPSA) is 51.0 Å². The normalized spacial score (nSPS) is 21.3. The van der Waals surface area contributed by atoms with Crippen LogP contribution in [0, 0.1) is 0 Å². The van der Waals surface area contributed by atoms with Gasteiger partial charge in [0.05, 0.1) is 0 Å². The average Bonchev–Trinajstić information content (AvgIpc) is 3.31. The molecule has 1 fully saturated rings. The lowest BCUT2D eigenvalue weighted by atomic mass is 9.99. The van der Waals surface area contributed by atoms with E-state index in [4.69, 9.17) is 4.52 Å². The van der Waals surface area contributed by atoms with E-state index in [-0.39, 0.29) is 0 Å². The van der Waals surface area contributed by atoms with Crippen molar-refractivity contribution in [3.8, 4) is 0 Å². The molecule has 1 aliphatic carbocycles. The lowest BCUT2D eigenvalue weighted by Gasteiger charge is -2.21. The molecule has 26 heavy (non-hydrogen) atoms. The maximum absolute atomic E-state index is 5.51. The highest BCUT2D eigenvalue weighted by Gasteiger charge is 2.30. The van der Waals surface area contributed by atoms with E-state index in [2.05, 4.69) is 71.8 Å². The molecule has 0 bridgehead atoms. The van der Waals surface area contributed by atoms with Crippen molar-refractivity contribution in [2.75, 3.05) is 0 Å². The summed E-state index contributed by atoms with van der Waals surface area (Å²) in [5, 5.41) is 10.6. The lowest BCUT2D eigenvalue weighted by molar-refractivity contribution is 0.346. The van der Waals surface area contributed by atoms with E-state index in [1.54, 1.807) is 0 Å².